The number of nitrogens with one attached hydrogen (secondary N) is 1. The molecule has 1 aliphatic carbocycles. The molecule has 0 aliphatic heterocycles. The van der Waals surface area contributed by atoms with E-state index in [-0.39, 0.29) is 21.7 Å². The second-order valence-corrected chi connectivity index (χ2v) is 6.50. The number of carbonyl (C=O) groups is 2. The molecule has 1 aliphatic rings. The second-order valence-electron chi connectivity index (χ2n) is 4.97. The molecular weight excluding hydrogens is 316 g/mol. The molecule has 0 unspecified atom stereocenters. The summed E-state index contributed by atoms with van der Waals surface area (Å²) in [7, 11) is -4.12. The number of benzene rings is 2. The smallest absolute Gasteiger partial charge is 0.238 e. The van der Waals surface area contributed by atoms with Crippen molar-refractivity contribution in [3.05, 3.63) is 71.4 Å². The third-order valence-electron chi connectivity index (χ3n) is 3.40. The van der Waals surface area contributed by atoms with Gasteiger partial charge in [-0.15, -0.1) is 0 Å². The van der Waals surface area contributed by atoms with E-state index in [1.807, 2.05) is 6.07 Å². The summed E-state index contributed by atoms with van der Waals surface area (Å²) in [5.74, 6) is -1.04. The van der Waals surface area contributed by atoms with E-state index in [4.69, 9.17) is 5.14 Å². The van der Waals surface area contributed by atoms with Crippen molar-refractivity contribution in [3.63, 3.8) is 0 Å². The first kappa shape index (κ1) is 15.1. The van der Waals surface area contributed by atoms with Gasteiger partial charge in [-0.3, -0.25) is 9.59 Å². The molecule has 116 valence electrons. The third-order valence-corrected chi connectivity index (χ3v) is 4.35. The van der Waals surface area contributed by atoms with Crippen LogP contribution in [0, 0.1) is 0 Å². The molecule has 0 radical (unpaired) electrons. The van der Waals surface area contributed by atoms with Gasteiger partial charge in [0, 0.05) is 17.3 Å². The first-order chi connectivity index (χ1) is 10.9. The Hall–Kier alpha value is -2.77. The molecule has 7 heteroatoms. The van der Waals surface area contributed by atoms with E-state index < -0.39 is 21.6 Å². The molecule has 0 bridgehead atoms. The Labute approximate surface area is 132 Å². The Morgan fingerprint density at radius 2 is 1.61 bits per heavy atom. The van der Waals surface area contributed by atoms with Gasteiger partial charge in [0.05, 0.1) is 16.2 Å². The normalized spacial score (nSPS) is 14.2. The lowest BCUT2D eigenvalue weighted by atomic mass is 9.92. The monoisotopic (exact) mass is 328 g/mol. The molecule has 0 atom stereocenters. The number of anilines is 1. The highest BCUT2D eigenvalue weighted by Gasteiger charge is 2.31. The first-order valence-corrected chi connectivity index (χ1v) is 8.21. The van der Waals surface area contributed by atoms with Gasteiger partial charge in [0.1, 0.15) is 0 Å². The molecule has 2 aromatic rings. The van der Waals surface area contributed by atoms with Crippen LogP contribution in [0.2, 0.25) is 0 Å². The number of para-hydroxylation sites is 1. The predicted octanol–water partition coefficient (Wildman–Crippen LogP) is 1.71. The van der Waals surface area contributed by atoms with Gasteiger partial charge in [0.25, 0.3) is 0 Å². The Bertz CT molecular complexity index is 947. The van der Waals surface area contributed by atoms with Gasteiger partial charge in [-0.1, -0.05) is 30.3 Å². The van der Waals surface area contributed by atoms with Crippen molar-refractivity contribution < 1.29 is 18.0 Å². The highest BCUT2D eigenvalue weighted by molar-refractivity contribution is 7.89. The molecule has 23 heavy (non-hydrogen) atoms. The predicted molar refractivity (Wildman–Crippen MR) is 84.6 cm³/mol. The maximum absolute atomic E-state index is 12.6. The Balaban J connectivity index is 2.11. The third kappa shape index (κ3) is 2.79. The minimum atomic E-state index is -4.12. The van der Waals surface area contributed by atoms with Crippen LogP contribution >= 0.6 is 0 Å². The zero-order chi connectivity index (χ0) is 16.6. The standard InChI is InChI=1S/C16H12N2O4S/c17-23(21,22)14-8-4-7-11-13(19)9-12(16(20)15(11)14)18-10-5-2-1-3-6-10/h1-9,18H,(H2,17,21,22). The molecule has 0 saturated carbocycles. The molecule has 0 fully saturated rings. The lowest BCUT2D eigenvalue weighted by Gasteiger charge is -2.18. The molecule has 0 spiro atoms. The van der Waals surface area contributed by atoms with E-state index >= 15 is 0 Å². The molecule has 0 saturated heterocycles. The number of rotatable bonds is 3. The maximum Gasteiger partial charge on any atom is 0.238 e. The van der Waals surface area contributed by atoms with Crippen molar-refractivity contribution in [2.24, 2.45) is 5.14 Å². The summed E-state index contributed by atoms with van der Waals surface area (Å²) >= 11 is 0. The van der Waals surface area contributed by atoms with Crippen LogP contribution in [0.25, 0.3) is 0 Å². The minimum absolute atomic E-state index is 0.00444. The summed E-state index contributed by atoms with van der Waals surface area (Å²) in [5, 5.41) is 7.99. The summed E-state index contributed by atoms with van der Waals surface area (Å²) in [6.07, 6.45) is 1.16. The van der Waals surface area contributed by atoms with Gasteiger partial charge >= 0.3 is 0 Å². The average molecular weight is 328 g/mol. The molecule has 3 N–H and O–H groups in total. The topological polar surface area (TPSA) is 106 Å². The number of nitrogens with two attached hydrogens (primary N) is 1. The van der Waals surface area contributed by atoms with E-state index in [1.165, 1.54) is 18.2 Å². The number of primary sulfonamides is 1. The van der Waals surface area contributed by atoms with Gasteiger partial charge in [0.2, 0.25) is 15.8 Å². The van der Waals surface area contributed by atoms with Crippen LogP contribution in [0.3, 0.4) is 0 Å². The van der Waals surface area contributed by atoms with Crippen molar-refractivity contribution in [2.45, 2.75) is 4.90 Å². The largest absolute Gasteiger partial charge is 0.352 e. The minimum Gasteiger partial charge on any atom is -0.352 e. The van der Waals surface area contributed by atoms with Crippen molar-refractivity contribution in [1.82, 2.24) is 0 Å². The van der Waals surface area contributed by atoms with E-state index in [2.05, 4.69) is 5.32 Å². The van der Waals surface area contributed by atoms with Crippen LogP contribution in [-0.2, 0) is 10.0 Å². The quantitative estimate of drug-likeness (QED) is 0.892. The summed E-state index contributed by atoms with van der Waals surface area (Å²) in [6.45, 7) is 0. The van der Waals surface area contributed by atoms with Crippen LogP contribution in [-0.4, -0.2) is 20.0 Å². The van der Waals surface area contributed by atoms with Crippen LogP contribution in [0.15, 0.2) is 65.2 Å². The number of ketones is 2. The molecule has 2 aromatic carbocycles. The number of hydrogen-bond donors (Lipinski definition) is 2. The van der Waals surface area contributed by atoms with Gasteiger partial charge < -0.3 is 5.32 Å². The van der Waals surface area contributed by atoms with Crippen molar-refractivity contribution in [3.8, 4) is 0 Å². The number of allylic oxidation sites excluding steroid dienone is 2. The van der Waals surface area contributed by atoms with E-state index in [9.17, 15) is 18.0 Å². The lowest BCUT2D eigenvalue weighted by molar-refractivity contribution is 0.0983. The number of carbonyl (C=O) groups excluding carboxylic acids is 2. The zero-order valence-corrected chi connectivity index (χ0v) is 12.6. The highest BCUT2D eigenvalue weighted by Crippen LogP contribution is 2.27. The number of hydrogen-bond acceptors (Lipinski definition) is 5. The molecular formula is C16H12N2O4S. The van der Waals surface area contributed by atoms with Crippen molar-refractivity contribution in [2.75, 3.05) is 5.32 Å². The summed E-state index contributed by atoms with van der Waals surface area (Å²) < 4.78 is 23.4. The van der Waals surface area contributed by atoms with Gasteiger partial charge in [-0.2, -0.15) is 0 Å². The Morgan fingerprint density at radius 1 is 0.913 bits per heavy atom. The average Bonchev–Trinajstić information content (AvgIpc) is 2.52. The summed E-state index contributed by atoms with van der Waals surface area (Å²) in [4.78, 5) is 24.5. The zero-order valence-electron chi connectivity index (χ0n) is 11.8. The summed E-state index contributed by atoms with van der Waals surface area (Å²) in [6, 6.07) is 12.8. The SMILES string of the molecule is NS(=O)(=O)c1cccc2c1C(=O)C(Nc1ccccc1)=CC2=O. The second kappa shape index (κ2) is 5.45. The van der Waals surface area contributed by atoms with Gasteiger partial charge in [-0.25, -0.2) is 13.6 Å². The van der Waals surface area contributed by atoms with Gasteiger partial charge in [-0.05, 0) is 18.2 Å². The summed E-state index contributed by atoms with van der Waals surface area (Å²) in [5.41, 5.74) is 0.447. The Kier molecular flexibility index (Phi) is 3.59. The molecule has 3 rings (SSSR count). The molecule has 0 heterocycles. The van der Waals surface area contributed by atoms with Crippen LogP contribution < -0.4 is 10.5 Å². The molecule has 0 amide bonds. The fourth-order valence-corrected chi connectivity index (χ4v) is 3.14. The van der Waals surface area contributed by atoms with E-state index in [1.54, 1.807) is 24.3 Å². The van der Waals surface area contributed by atoms with E-state index in [0.717, 1.165) is 6.08 Å². The van der Waals surface area contributed by atoms with Crippen LogP contribution in [0.4, 0.5) is 5.69 Å². The lowest BCUT2D eigenvalue weighted by Crippen LogP contribution is -2.26. The van der Waals surface area contributed by atoms with Crippen molar-refractivity contribution in [1.29, 1.82) is 0 Å². The molecule has 0 aromatic heterocycles. The van der Waals surface area contributed by atoms with Crippen molar-refractivity contribution >= 4 is 27.3 Å². The Morgan fingerprint density at radius 3 is 2.26 bits per heavy atom. The highest BCUT2D eigenvalue weighted by atomic mass is 32.2. The van der Waals surface area contributed by atoms with Gasteiger partial charge in [0.15, 0.2) is 5.78 Å². The number of sulfonamides is 1. The van der Waals surface area contributed by atoms with Crippen LogP contribution in [0.1, 0.15) is 20.7 Å². The van der Waals surface area contributed by atoms with Crippen LogP contribution in [0.5, 0.6) is 0 Å². The molecule has 6 nitrogen and oxygen atoms in total. The number of fused-ring (bicyclic) bond motifs is 1. The number of Topliss-reactive ketones (excluding diaryl/α,β-unsaturated/α-hetero) is 1. The first-order valence-electron chi connectivity index (χ1n) is 6.66. The maximum atomic E-state index is 12.6. The van der Waals surface area contributed by atoms with E-state index in [0.29, 0.717) is 5.69 Å². The fraction of sp³-hybridized carbons (Fsp3) is 0. The fourth-order valence-electron chi connectivity index (χ4n) is 2.39.